The molecule has 0 bridgehead atoms. The molecular weight excluding hydrogens is 332 g/mol. The van der Waals surface area contributed by atoms with Crippen LogP contribution in [0.2, 0.25) is 4.34 Å². The van der Waals surface area contributed by atoms with Crippen LogP contribution >= 0.6 is 22.9 Å². The highest BCUT2D eigenvalue weighted by Crippen LogP contribution is 2.35. The van der Waals surface area contributed by atoms with Crippen molar-refractivity contribution in [3.8, 4) is 11.5 Å². The highest BCUT2D eigenvalue weighted by molar-refractivity contribution is 7.18. The summed E-state index contributed by atoms with van der Waals surface area (Å²) in [6.07, 6.45) is 0. The van der Waals surface area contributed by atoms with E-state index in [0.29, 0.717) is 17.2 Å². The van der Waals surface area contributed by atoms with Gasteiger partial charge in [-0.15, -0.1) is 11.3 Å². The van der Waals surface area contributed by atoms with Gasteiger partial charge < -0.3 is 14.8 Å². The zero-order valence-corrected chi connectivity index (χ0v) is 13.2. The van der Waals surface area contributed by atoms with Crippen molar-refractivity contribution in [2.24, 2.45) is 0 Å². The third-order valence-corrected chi connectivity index (χ3v) is 4.08. The predicted molar refractivity (Wildman–Crippen MR) is 83.5 cm³/mol. The Morgan fingerprint density at radius 2 is 2.05 bits per heavy atom. The number of methoxy groups -OCH3 is 2. The maximum atomic E-state index is 12.2. The lowest BCUT2D eigenvalue weighted by atomic mass is 10.2. The van der Waals surface area contributed by atoms with Gasteiger partial charge in [-0.25, -0.2) is 0 Å². The highest BCUT2D eigenvalue weighted by atomic mass is 35.5. The first-order valence-electron chi connectivity index (χ1n) is 5.93. The Kier molecular flexibility index (Phi) is 4.84. The number of nitrogens with one attached hydrogen (secondary N) is 1. The van der Waals surface area contributed by atoms with Crippen LogP contribution in [0.3, 0.4) is 0 Å². The van der Waals surface area contributed by atoms with E-state index in [1.54, 1.807) is 18.2 Å². The molecule has 0 atom stereocenters. The molecule has 0 spiro atoms. The van der Waals surface area contributed by atoms with Crippen LogP contribution in [-0.4, -0.2) is 25.1 Å². The molecule has 2 rings (SSSR count). The maximum absolute atomic E-state index is 12.2. The summed E-state index contributed by atoms with van der Waals surface area (Å²) in [5.41, 5.74) is 0.0912. The van der Waals surface area contributed by atoms with Crippen molar-refractivity contribution in [3.63, 3.8) is 0 Å². The molecule has 1 aromatic carbocycles. The number of anilines is 1. The standard InChI is InChI=1S/C13H11ClN2O5S/c1-20-7-3-4-10(21-2)8(5-7)15-13(17)11-6-9(16(18)19)12(14)22-11/h3-6H,1-2H3,(H,15,17). The zero-order chi connectivity index (χ0) is 16.3. The van der Waals surface area contributed by atoms with Crippen LogP contribution in [0.15, 0.2) is 24.3 Å². The minimum absolute atomic E-state index is 0.0484. The molecule has 0 aliphatic rings. The van der Waals surface area contributed by atoms with E-state index >= 15 is 0 Å². The average Bonchev–Trinajstić information content (AvgIpc) is 2.89. The summed E-state index contributed by atoms with van der Waals surface area (Å²) in [5.74, 6) is 0.448. The first-order chi connectivity index (χ1) is 10.5. The fourth-order valence-electron chi connectivity index (χ4n) is 1.69. The number of amides is 1. The fourth-order valence-corrected chi connectivity index (χ4v) is 2.81. The van der Waals surface area contributed by atoms with Gasteiger partial charge in [-0.05, 0) is 12.1 Å². The summed E-state index contributed by atoms with van der Waals surface area (Å²) in [5, 5.41) is 13.4. The molecule has 1 aromatic heterocycles. The molecule has 7 nitrogen and oxygen atoms in total. The van der Waals surface area contributed by atoms with Gasteiger partial charge in [-0.1, -0.05) is 11.6 Å². The Balaban J connectivity index is 2.28. The number of hydrogen-bond acceptors (Lipinski definition) is 6. The highest BCUT2D eigenvalue weighted by Gasteiger charge is 2.21. The number of carbonyl (C=O) groups is 1. The van der Waals surface area contributed by atoms with E-state index in [2.05, 4.69) is 5.32 Å². The van der Waals surface area contributed by atoms with E-state index in [1.165, 1.54) is 14.2 Å². The molecule has 1 N–H and O–H groups in total. The van der Waals surface area contributed by atoms with Gasteiger partial charge in [-0.3, -0.25) is 14.9 Å². The number of nitrogens with zero attached hydrogens (tertiary/aromatic N) is 1. The Morgan fingerprint density at radius 1 is 1.32 bits per heavy atom. The molecule has 0 saturated heterocycles. The minimum Gasteiger partial charge on any atom is -0.497 e. The normalized spacial score (nSPS) is 10.1. The second kappa shape index (κ2) is 6.63. The van der Waals surface area contributed by atoms with Gasteiger partial charge >= 0.3 is 0 Å². The summed E-state index contributed by atoms with van der Waals surface area (Å²) in [4.78, 5) is 22.4. The van der Waals surface area contributed by atoms with Gasteiger partial charge in [0.15, 0.2) is 4.34 Å². The summed E-state index contributed by atoms with van der Waals surface area (Å²) in [7, 11) is 2.96. The van der Waals surface area contributed by atoms with Crippen LogP contribution in [0.5, 0.6) is 11.5 Å². The lowest BCUT2D eigenvalue weighted by Gasteiger charge is -2.11. The quantitative estimate of drug-likeness (QED) is 0.662. The van der Waals surface area contributed by atoms with Gasteiger partial charge in [0.05, 0.1) is 24.8 Å². The topological polar surface area (TPSA) is 90.7 Å². The maximum Gasteiger partial charge on any atom is 0.299 e. The van der Waals surface area contributed by atoms with Gasteiger partial charge in [-0.2, -0.15) is 0 Å². The van der Waals surface area contributed by atoms with E-state index < -0.39 is 10.8 Å². The molecule has 0 fully saturated rings. The Morgan fingerprint density at radius 3 is 2.59 bits per heavy atom. The van der Waals surface area contributed by atoms with Crippen LogP contribution in [0.1, 0.15) is 9.67 Å². The number of benzene rings is 1. The van der Waals surface area contributed by atoms with Gasteiger partial charge in [0.25, 0.3) is 11.6 Å². The number of rotatable bonds is 5. The van der Waals surface area contributed by atoms with Crippen molar-refractivity contribution in [2.75, 3.05) is 19.5 Å². The molecule has 116 valence electrons. The number of hydrogen-bond donors (Lipinski definition) is 1. The molecule has 2 aromatic rings. The zero-order valence-electron chi connectivity index (χ0n) is 11.6. The van der Waals surface area contributed by atoms with Crippen molar-refractivity contribution in [2.45, 2.75) is 0 Å². The summed E-state index contributed by atoms with van der Waals surface area (Å²) < 4.78 is 10.2. The van der Waals surface area contributed by atoms with Gasteiger partial charge in [0, 0.05) is 12.1 Å². The summed E-state index contributed by atoms with van der Waals surface area (Å²) >= 11 is 6.58. The van der Waals surface area contributed by atoms with Crippen molar-refractivity contribution >= 4 is 40.2 Å². The average molecular weight is 343 g/mol. The lowest BCUT2D eigenvalue weighted by Crippen LogP contribution is -2.11. The van der Waals surface area contributed by atoms with Crippen LogP contribution in [0.25, 0.3) is 0 Å². The fraction of sp³-hybridized carbons (Fsp3) is 0.154. The third-order valence-electron chi connectivity index (χ3n) is 2.74. The molecule has 9 heteroatoms. The lowest BCUT2D eigenvalue weighted by molar-refractivity contribution is -0.384. The van der Waals surface area contributed by atoms with Crippen LogP contribution in [-0.2, 0) is 0 Å². The molecular formula is C13H11ClN2O5S. The molecule has 22 heavy (non-hydrogen) atoms. The SMILES string of the molecule is COc1ccc(OC)c(NC(=O)c2cc([N+](=O)[O-])c(Cl)s2)c1. The second-order valence-corrected chi connectivity index (χ2v) is 5.70. The summed E-state index contributed by atoms with van der Waals surface area (Å²) in [6.45, 7) is 0. The molecule has 1 amide bonds. The third kappa shape index (κ3) is 3.29. The van der Waals surface area contributed by atoms with Gasteiger partial charge in [0.1, 0.15) is 16.4 Å². The van der Waals surface area contributed by atoms with Crippen LogP contribution < -0.4 is 14.8 Å². The molecule has 1 heterocycles. The summed E-state index contributed by atoms with van der Waals surface area (Å²) in [6, 6.07) is 6.04. The van der Waals surface area contributed by atoms with E-state index in [-0.39, 0.29) is 14.9 Å². The molecule has 0 aliphatic carbocycles. The van der Waals surface area contributed by atoms with Crippen molar-refractivity contribution in [1.82, 2.24) is 0 Å². The largest absolute Gasteiger partial charge is 0.497 e. The first-order valence-corrected chi connectivity index (χ1v) is 7.12. The molecule has 0 unspecified atom stereocenters. The molecule has 0 aliphatic heterocycles. The second-order valence-electron chi connectivity index (χ2n) is 4.05. The van der Waals surface area contributed by atoms with Crippen molar-refractivity contribution in [1.29, 1.82) is 0 Å². The van der Waals surface area contributed by atoms with Crippen molar-refractivity contribution < 1.29 is 19.2 Å². The van der Waals surface area contributed by atoms with E-state index in [0.717, 1.165) is 17.4 Å². The number of carbonyl (C=O) groups excluding carboxylic acids is 1. The monoisotopic (exact) mass is 342 g/mol. The van der Waals surface area contributed by atoms with Crippen LogP contribution in [0.4, 0.5) is 11.4 Å². The van der Waals surface area contributed by atoms with E-state index in [1.807, 2.05) is 0 Å². The first kappa shape index (κ1) is 16.1. The molecule has 0 saturated carbocycles. The number of halogens is 1. The van der Waals surface area contributed by atoms with E-state index in [4.69, 9.17) is 21.1 Å². The number of thiophene rings is 1. The smallest absolute Gasteiger partial charge is 0.299 e. The minimum atomic E-state index is -0.637. The Hall–Kier alpha value is -2.32. The van der Waals surface area contributed by atoms with E-state index in [9.17, 15) is 14.9 Å². The van der Waals surface area contributed by atoms with Gasteiger partial charge in [0.2, 0.25) is 0 Å². The van der Waals surface area contributed by atoms with Crippen molar-refractivity contribution in [3.05, 3.63) is 43.6 Å². The molecule has 0 radical (unpaired) electrons. The Bertz CT molecular complexity index is 731. The van der Waals surface area contributed by atoms with Crippen LogP contribution in [0, 0.1) is 10.1 Å². The number of ether oxygens (including phenoxy) is 2. The number of nitro groups is 1. The predicted octanol–water partition coefficient (Wildman–Crippen LogP) is 3.58. The Labute approximate surface area is 134 Å².